The second-order valence-corrected chi connectivity index (χ2v) is 9.61. The van der Waals surface area contributed by atoms with Crippen LogP contribution >= 0.6 is 23.2 Å². The first kappa shape index (κ1) is 25.7. The van der Waals surface area contributed by atoms with Gasteiger partial charge in [0.15, 0.2) is 6.61 Å². The summed E-state index contributed by atoms with van der Waals surface area (Å²) in [6.45, 7) is 9.84. The molecule has 2 aromatic carbocycles. The lowest BCUT2D eigenvalue weighted by molar-refractivity contribution is -0.145. The average Bonchev–Trinajstić information content (AvgIpc) is 2.96. The van der Waals surface area contributed by atoms with Crippen molar-refractivity contribution >= 4 is 41.8 Å². The lowest BCUT2D eigenvalue weighted by Crippen LogP contribution is -2.41. The number of esters is 1. The van der Waals surface area contributed by atoms with Gasteiger partial charge in [-0.25, -0.2) is 4.79 Å². The molecule has 2 aromatic rings. The van der Waals surface area contributed by atoms with Crippen molar-refractivity contribution in [3.05, 3.63) is 51.5 Å². The van der Waals surface area contributed by atoms with Crippen LogP contribution in [-0.4, -0.2) is 44.6 Å². The molecule has 6 nitrogen and oxygen atoms in total. The Morgan fingerprint density at radius 2 is 1.64 bits per heavy atom. The Morgan fingerprint density at radius 3 is 2.18 bits per heavy atom. The number of rotatable bonds is 8. The molecule has 33 heavy (non-hydrogen) atoms. The number of ether oxygens (including phenoxy) is 3. The van der Waals surface area contributed by atoms with E-state index in [2.05, 4.69) is 0 Å². The maximum atomic E-state index is 11.5. The van der Waals surface area contributed by atoms with Crippen molar-refractivity contribution in [2.45, 2.75) is 52.2 Å². The van der Waals surface area contributed by atoms with Gasteiger partial charge in [-0.05, 0) is 63.9 Å². The lowest BCUT2D eigenvalue weighted by atomic mass is 9.77. The number of methoxy groups -OCH3 is 1. The molecule has 0 bridgehead atoms. The van der Waals surface area contributed by atoms with Crippen LogP contribution in [0.4, 0.5) is 0 Å². The molecule has 1 fully saturated rings. The molecular formula is C24H29BCl2O6. The minimum atomic E-state index is -0.561. The smallest absolute Gasteiger partial charge is 0.497 e. The van der Waals surface area contributed by atoms with E-state index in [0.717, 1.165) is 16.6 Å². The monoisotopic (exact) mass is 494 g/mol. The van der Waals surface area contributed by atoms with Crippen LogP contribution in [0.25, 0.3) is 0 Å². The summed E-state index contributed by atoms with van der Waals surface area (Å²) in [5.41, 5.74) is 1.57. The molecule has 0 spiro atoms. The van der Waals surface area contributed by atoms with Crippen LogP contribution in [0.15, 0.2) is 30.3 Å². The molecule has 0 radical (unpaired) electrons. The molecule has 1 heterocycles. The molecule has 1 aliphatic heterocycles. The third-order valence-electron chi connectivity index (χ3n) is 5.96. The fourth-order valence-electron chi connectivity index (χ4n) is 3.43. The second kappa shape index (κ2) is 10.1. The van der Waals surface area contributed by atoms with Crippen molar-refractivity contribution in [3.63, 3.8) is 0 Å². The molecule has 0 atom stereocenters. The Labute approximate surface area is 205 Å². The van der Waals surface area contributed by atoms with Gasteiger partial charge < -0.3 is 23.5 Å². The fraction of sp³-hybridized carbons (Fsp3) is 0.458. The van der Waals surface area contributed by atoms with Gasteiger partial charge in [0.05, 0.1) is 24.9 Å². The van der Waals surface area contributed by atoms with Crippen LogP contribution in [0.1, 0.15) is 45.7 Å². The van der Waals surface area contributed by atoms with E-state index in [1.54, 1.807) is 26.2 Å². The van der Waals surface area contributed by atoms with Crippen LogP contribution in [-0.2, 0) is 25.3 Å². The van der Waals surface area contributed by atoms with E-state index in [-0.39, 0.29) is 6.61 Å². The number of benzene rings is 2. The van der Waals surface area contributed by atoms with Crippen LogP contribution < -0.4 is 14.9 Å². The molecule has 1 saturated heterocycles. The Bertz CT molecular complexity index is 985. The molecule has 0 aliphatic carbocycles. The van der Waals surface area contributed by atoms with Gasteiger partial charge in [0, 0.05) is 21.9 Å². The van der Waals surface area contributed by atoms with Crippen molar-refractivity contribution in [3.8, 4) is 11.5 Å². The number of halogens is 2. The van der Waals surface area contributed by atoms with E-state index >= 15 is 0 Å². The second-order valence-electron chi connectivity index (χ2n) is 8.80. The van der Waals surface area contributed by atoms with E-state index in [4.69, 9.17) is 46.7 Å². The first-order chi connectivity index (χ1) is 15.5. The fourth-order valence-corrected chi connectivity index (χ4v) is 4.03. The maximum absolute atomic E-state index is 11.5. The molecule has 0 N–H and O–H groups in total. The Morgan fingerprint density at radius 1 is 1.03 bits per heavy atom. The van der Waals surface area contributed by atoms with Gasteiger partial charge in [-0.1, -0.05) is 35.3 Å². The predicted molar refractivity (Wildman–Crippen MR) is 130 cm³/mol. The minimum absolute atomic E-state index is 0.213. The highest BCUT2D eigenvalue weighted by Gasteiger charge is 2.52. The van der Waals surface area contributed by atoms with Gasteiger partial charge in [0.25, 0.3) is 0 Å². The van der Waals surface area contributed by atoms with Crippen LogP contribution in [0, 0.1) is 0 Å². The first-order valence-electron chi connectivity index (χ1n) is 10.8. The summed E-state index contributed by atoms with van der Waals surface area (Å²) in [5, 5.41) is 0.878. The van der Waals surface area contributed by atoms with Gasteiger partial charge in [0.1, 0.15) is 11.5 Å². The van der Waals surface area contributed by atoms with Crippen molar-refractivity contribution in [2.75, 3.05) is 20.3 Å². The number of hydrogen-bond donors (Lipinski definition) is 0. The maximum Gasteiger partial charge on any atom is 0.498 e. The molecule has 0 saturated carbocycles. The normalized spacial score (nSPS) is 16.5. The van der Waals surface area contributed by atoms with Crippen molar-refractivity contribution < 1.29 is 28.3 Å². The van der Waals surface area contributed by atoms with Crippen molar-refractivity contribution in [1.82, 2.24) is 0 Å². The molecule has 9 heteroatoms. The lowest BCUT2D eigenvalue weighted by Gasteiger charge is -2.32. The Hall–Kier alpha value is -1.93. The summed E-state index contributed by atoms with van der Waals surface area (Å²) >= 11 is 13.0. The minimum Gasteiger partial charge on any atom is -0.497 e. The SMILES string of the molecule is CCOC(=O)COc1cc(Cl)c(Cc2ccc(OC)c(B3OC(C)(C)C(C)(C)O3)c2)c(Cl)c1. The highest BCUT2D eigenvalue weighted by Crippen LogP contribution is 2.37. The quantitative estimate of drug-likeness (QED) is 0.386. The third kappa shape index (κ3) is 5.77. The molecule has 178 valence electrons. The molecule has 0 aromatic heterocycles. The van der Waals surface area contributed by atoms with Gasteiger partial charge in [0.2, 0.25) is 0 Å². The molecular weight excluding hydrogens is 466 g/mol. The number of hydrogen-bond acceptors (Lipinski definition) is 6. The summed E-state index contributed by atoms with van der Waals surface area (Å²) in [6, 6.07) is 9.10. The summed E-state index contributed by atoms with van der Waals surface area (Å²) in [5.74, 6) is 0.619. The van der Waals surface area contributed by atoms with Gasteiger partial charge in [-0.2, -0.15) is 0 Å². The van der Waals surface area contributed by atoms with Crippen LogP contribution in [0.3, 0.4) is 0 Å². The topological polar surface area (TPSA) is 63.2 Å². The zero-order valence-corrected chi connectivity index (χ0v) is 21.3. The van der Waals surface area contributed by atoms with E-state index in [0.29, 0.717) is 34.6 Å². The largest absolute Gasteiger partial charge is 0.498 e. The third-order valence-corrected chi connectivity index (χ3v) is 6.63. The zero-order valence-electron chi connectivity index (χ0n) is 19.8. The van der Waals surface area contributed by atoms with E-state index < -0.39 is 24.3 Å². The first-order valence-corrected chi connectivity index (χ1v) is 11.5. The zero-order chi connectivity index (χ0) is 24.4. The van der Waals surface area contributed by atoms with Gasteiger partial charge in [-0.3, -0.25) is 0 Å². The molecule has 3 rings (SSSR count). The highest BCUT2D eigenvalue weighted by atomic mass is 35.5. The predicted octanol–water partition coefficient (Wildman–Crippen LogP) is 4.83. The molecule has 1 aliphatic rings. The van der Waals surface area contributed by atoms with Gasteiger partial charge >= 0.3 is 13.1 Å². The standard InChI is InChI=1S/C24H29BCl2O6/c1-7-30-22(28)14-31-16-12-19(26)17(20(27)13-16)10-15-8-9-21(29-6)18(11-15)25-32-23(2,3)24(4,5)33-25/h8-9,11-13H,7,10,14H2,1-6H3. The van der Waals surface area contributed by atoms with E-state index in [1.807, 2.05) is 45.9 Å². The Balaban J connectivity index is 1.83. The van der Waals surface area contributed by atoms with Gasteiger partial charge in [-0.15, -0.1) is 0 Å². The highest BCUT2D eigenvalue weighted by molar-refractivity contribution is 6.63. The van der Waals surface area contributed by atoms with Crippen LogP contribution in [0.2, 0.25) is 10.0 Å². The Kier molecular flexibility index (Phi) is 7.89. The number of carbonyl (C=O) groups is 1. The van der Waals surface area contributed by atoms with E-state index in [9.17, 15) is 4.79 Å². The summed E-state index contributed by atoms with van der Waals surface area (Å²) in [4.78, 5) is 11.5. The van der Waals surface area contributed by atoms with Crippen LogP contribution in [0.5, 0.6) is 11.5 Å². The molecule has 0 unspecified atom stereocenters. The number of carbonyl (C=O) groups excluding carboxylic acids is 1. The van der Waals surface area contributed by atoms with E-state index in [1.165, 1.54) is 0 Å². The summed E-state index contributed by atoms with van der Waals surface area (Å²) in [7, 11) is 1.06. The molecule has 0 amide bonds. The average molecular weight is 495 g/mol. The van der Waals surface area contributed by atoms with Crippen molar-refractivity contribution in [2.24, 2.45) is 0 Å². The summed E-state index contributed by atoms with van der Waals surface area (Å²) in [6.07, 6.45) is 0.478. The summed E-state index contributed by atoms with van der Waals surface area (Å²) < 4.78 is 28.3. The van der Waals surface area contributed by atoms with Crippen molar-refractivity contribution in [1.29, 1.82) is 0 Å².